The van der Waals surface area contributed by atoms with Gasteiger partial charge in [-0.1, -0.05) is 6.92 Å². The van der Waals surface area contributed by atoms with E-state index in [2.05, 4.69) is 46.2 Å². The van der Waals surface area contributed by atoms with Crippen molar-refractivity contribution in [2.45, 2.75) is 70.0 Å². The Hall–Kier alpha value is 0.270. The van der Waals surface area contributed by atoms with Gasteiger partial charge in [0, 0.05) is 11.3 Å². The fourth-order valence-corrected chi connectivity index (χ4v) is 2.81. The van der Waals surface area contributed by atoms with Crippen LogP contribution < -0.4 is 5.32 Å². The molecule has 0 radical (unpaired) electrons. The van der Waals surface area contributed by atoms with Crippen LogP contribution in [0.25, 0.3) is 0 Å². The SMILES string of the molecule is CSC(C)CCNC1CC(C)(C)OC1(C)C. The molecule has 1 aliphatic rings. The predicted molar refractivity (Wildman–Crippen MR) is 73.2 cm³/mol. The quantitative estimate of drug-likeness (QED) is 0.804. The summed E-state index contributed by atoms with van der Waals surface area (Å²) >= 11 is 1.94. The van der Waals surface area contributed by atoms with Crippen molar-refractivity contribution in [3.8, 4) is 0 Å². The molecule has 0 bridgehead atoms. The van der Waals surface area contributed by atoms with E-state index in [0.29, 0.717) is 6.04 Å². The summed E-state index contributed by atoms with van der Waals surface area (Å²) in [5, 5.41) is 4.40. The summed E-state index contributed by atoms with van der Waals surface area (Å²) in [7, 11) is 0. The Balaban J connectivity index is 2.37. The second-order valence-corrected chi connectivity index (χ2v) is 7.29. The van der Waals surface area contributed by atoms with Crippen molar-refractivity contribution in [3.63, 3.8) is 0 Å². The molecule has 1 saturated heterocycles. The first-order valence-electron chi connectivity index (χ1n) is 6.23. The molecule has 0 spiro atoms. The largest absolute Gasteiger partial charge is 0.368 e. The molecule has 2 nitrogen and oxygen atoms in total. The fraction of sp³-hybridized carbons (Fsp3) is 1.00. The van der Waals surface area contributed by atoms with E-state index in [9.17, 15) is 0 Å². The Morgan fingerprint density at radius 1 is 1.38 bits per heavy atom. The lowest BCUT2D eigenvalue weighted by atomic mass is 9.94. The van der Waals surface area contributed by atoms with Gasteiger partial charge in [0.1, 0.15) is 0 Å². The topological polar surface area (TPSA) is 21.3 Å². The lowest BCUT2D eigenvalue weighted by molar-refractivity contribution is -0.0697. The van der Waals surface area contributed by atoms with Crippen LogP contribution in [0, 0.1) is 0 Å². The molecule has 1 aliphatic heterocycles. The van der Waals surface area contributed by atoms with E-state index >= 15 is 0 Å². The molecule has 1 N–H and O–H groups in total. The Morgan fingerprint density at radius 2 is 2.00 bits per heavy atom. The summed E-state index contributed by atoms with van der Waals surface area (Å²) < 4.78 is 6.06. The standard InChI is InChI=1S/C13H27NOS/c1-10(16-6)7-8-14-11-9-12(2,3)15-13(11,4)5/h10-11,14H,7-9H2,1-6H3. The highest BCUT2D eigenvalue weighted by molar-refractivity contribution is 7.99. The minimum absolute atomic E-state index is 0.0201. The zero-order valence-electron chi connectivity index (χ0n) is 11.6. The maximum Gasteiger partial charge on any atom is 0.0787 e. The van der Waals surface area contributed by atoms with Crippen LogP contribution in [0.3, 0.4) is 0 Å². The van der Waals surface area contributed by atoms with Crippen molar-refractivity contribution < 1.29 is 4.74 Å². The number of nitrogens with one attached hydrogen (secondary N) is 1. The average Bonchev–Trinajstić information content (AvgIpc) is 2.34. The molecular formula is C13H27NOS. The third kappa shape index (κ3) is 3.94. The maximum atomic E-state index is 6.06. The molecule has 16 heavy (non-hydrogen) atoms. The second-order valence-electron chi connectivity index (χ2n) is 6.01. The normalized spacial score (nSPS) is 29.2. The minimum atomic E-state index is -0.0356. The van der Waals surface area contributed by atoms with Crippen LogP contribution in [0.1, 0.15) is 47.5 Å². The van der Waals surface area contributed by atoms with Gasteiger partial charge in [-0.25, -0.2) is 0 Å². The molecule has 2 unspecified atom stereocenters. The predicted octanol–water partition coefficient (Wildman–Crippen LogP) is 3.06. The fourth-order valence-electron chi connectivity index (χ4n) is 2.46. The van der Waals surface area contributed by atoms with Gasteiger partial charge >= 0.3 is 0 Å². The maximum absolute atomic E-state index is 6.06. The average molecular weight is 245 g/mol. The molecule has 2 atom stereocenters. The highest BCUT2D eigenvalue weighted by atomic mass is 32.2. The number of ether oxygens (including phenoxy) is 1. The Morgan fingerprint density at radius 3 is 2.44 bits per heavy atom. The van der Waals surface area contributed by atoms with Crippen molar-refractivity contribution in [1.29, 1.82) is 0 Å². The van der Waals surface area contributed by atoms with E-state index in [1.807, 2.05) is 11.8 Å². The van der Waals surface area contributed by atoms with E-state index in [4.69, 9.17) is 4.74 Å². The number of hydrogen-bond donors (Lipinski definition) is 1. The lowest BCUT2D eigenvalue weighted by Crippen LogP contribution is -2.44. The Bertz CT molecular complexity index is 228. The van der Waals surface area contributed by atoms with Gasteiger partial charge in [-0.2, -0.15) is 11.8 Å². The summed E-state index contributed by atoms with van der Waals surface area (Å²) in [6.45, 7) is 12.1. The van der Waals surface area contributed by atoms with Crippen molar-refractivity contribution >= 4 is 11.8 Å². The minimum Gasteiger partial charge on any atom is -0.368 e. The zero-order chi connectivity index (χ0) is 12.4. The molecule has 0 aliphatic carbocycles. The van der Waals surface area contributed by atoms with E-state index in [1.54, 1.807) is 0 Å². The third-order valence-electron chi connectivity index (χ3n) is 3.42. The molecule has 0 saturated carbocycles. The van der Waals surface area contributed by atoms with Crippen molar-refractivity contribution in [1.82, 2.24) is 5.32 Å². The van der Waals surface area contributed by atoms with Gasteiger partial charge in [-0.15, -0.1) is 0 Å². The summed E-state index contributed by atoms with van der Waals surface area (Å²) in [4.78, 5) is 0. The van der Waals surface area contributed by atoms with Gasteiger partial charge in [-0.3, -0.25) is 0 Å². The van der Waals surface area contributed by atoms with E-state index in [-0.39, 0.29) is 11.2 Å². The van der Waals surface area contributed by atoms with Crippen molar-refractivity contribution in [3.05, 3.63) is 0 Å². The smallest absolute Gasteiger partial charge is 0.0787 e. The van der Waals surface area contributed by atoms with Gasteiger partial charge in [0.05, 0.1) is 11.2 Å². The van der Waals surface area contributed by atoms with Gasteiger partial charge in [0.25, 0.3) is 0 Å². The molecule has 0 aromatic heterocycles. The molecule has 0 aromatic carbocycles. The first-order chi connectivity index (χ1) is 7.27. The molecule has 3 heteroatoms. The van der Waals surface area contributed by atoms with Crippen LogP contribution in [-0.4, -0.2) is 35.3 Å². The van der Waals surface area contributed by atoms with Crippen molar-refractivity contribution in [2.75, 3.05) is 12.8 Å². The summed E-state index contributed by atoms with van der Waals surface area (Å²) in [6.07, 6.45) is 4.51. The number of hydrogen-bond acceptors (Lipinski definition) is 3. The van der Waals surface area contributed by atoms with Crippen LogP contribution >= 0.6 is 11.8 Å². The molecular weight excluding hydrogens is 218 g/mol. The third-order valence-corrected chi connectivity index (χ3v) is 4.46. The molecule has 96 valence electrons. The van der Waals surface area contributed by atoms with Gasteiger partial charge in [0.2, 0.25) is 0 Å². The summed E-state index contributed by atoms with van der Waals surface area (Å²) in [5.74, 6) is 0. The van der Waals surface area contributed by atoms with Crippen LogP contribution in [-0.2, 0) is 4.74 Å². The zero-order valence-corrected chi connectivity index (χ0v) is 12.4. The van der Waals surface area contributed by atoms with E-state index < -0.39 is 0 Å². The first-order valence-corrected chi connectivity index (χ1v) is 7.52. The lowest BCUT2D eigenvalue weighted by Gasteiger charge is -2.28. The van der Waals surface area contributed by atoms with Gasteiger partial charge < -0.3 is 10.1 Å². The Labute approximate surface area is 105 Å². The monoisotopic (exact) mass is 245 g/mol. The number of thioether (sulfide) groups is 1. The Kier molecular flexibility index (Phi) is 4.73. The summed E-state index contributed by atoms with van der Waals surface area (Å²) in [6, 6.07) is 0.483. The van der Waals surface area contributed by atoms with Crippen LogP contribution in [0.4, 0.5) is 0 Å². The van der Waals surface area contributed by atoms with E-state index in [1.165, 1.54) is 6.42 Å². The molecule has 0 aromatic rings. The molecule has 0 amide bonds. The first kappa shape index (κ1) is 14.3. The van der Waals surface area contributed by atoms with Gasteiger partial charge in [-0.05, 0) is 53.3 Å². The molecule has 1 fully saturated rings. The van der Waals surface area contributed by atoms with E-state index in [0.717, 1.165) is 18.2 Å². The number of rotatable bonds is 5. The second kappa shape index (κ2) is 5.28. The molecule has 1 rings (SSSR count). The van der Waals surface area contributed by atoms with Crippen LogP contribution in [0.15, 0.2) is 0 Å². The highest BCUT2D eigenvalue weighted by Crippen LogP contribution is 2.37. The summed E-state index contributed by atoms with van der Waals surface area (Å²) in [5.41, 5.74) is -0.0155. The van der Waals surface area contributed by atoms with Crippen LogP contribution in [0.5, 0.6) is 0 Å². The van der Waals surface area contributed by atoms with Crippen LogP contribution in [0.2, 0.25) is 0 Å². The van der Waals surface area contributed by atoms with Crippen molar-refractivity contribution in [2.24, 2.45) is 0 Å². The molecule has 1 heterocycles. The van der Waals surface area contributed by atoms with Gasteiger partial charge in [0.15, 0.2) is 0 Å². The highest BCUT2D eigenvalue weighted by Gasteiger charge is 2.45.